The van der Waals surface area contributed by atoms with E-state index in [1.165, 1.54) is 12.1 Å². The fraction of sp³-hybridized carbons (Fsp3) is 0.429. The average molecular weight is 266 g/mol. The van der Waals surface area contributed by atoms with Gasteiger partial charge in [-0.15, -0.1) is 0 Å². The van der Waals surface area contributed by atoms with Gasteiger partial charge in [0.15, 0.2) is 0 Å². The van der Waals surface area contributed by atoms with Gasteiger partial charge in [0.1, 0.15) is 18.0 Å². The number of rotatable bonds is 2. The lowest BCUT2D eigenvalue weighted by Crippen LogP contribution is -2.05. The molecule has 0 bridgehead atoms. The topological polar surface area (TPSA) is 18.5 Å². The Labute approximate surface area is 109 Å². The van der Waals surface area contributed by atoms with Crippen LogP contribution < -0.4 is 0 Å². The van der Waals surface area contributed by atoms with Gasteiger partial charge in [0.05, 0.1) is 6.10 Å². The van der Waals surface area contributed by atoms with Gasteiger partial charge in [0.2, 0.25) is 0 Å². The molecule has 4 heteroatoms. The van der Waals surface area contributed by atoms with Gasteiger partial charge in [-0.1, -0.05) is 24.0 Å². The first-order valence-corrected chi connectivity index (χ1v) is 6.43. The zero-order valence-electron chi connectivity index (χ0n) is 10.2. The molecule has 1 heterocycles. The van der Waals surface area contributed by atoms with Crippen LogP contribution in [0.4, 0.5) is 4.39 Å². The largest absolute Gasteiger partial charge is 0.358 e. The van der Waals surface area contributed by atoms with E-state index in [0.717, 1.165) is 18.4 Å². The molecule has 0 N–H and O–H groups in total. The molecule has 1 aromatic carbocycles. The maximum atomic E-state index is 12.8. The zero-order chi connectivity index (χ0) is 13.0. The van der Waals surface area contributed by atoms with Crippen LogP contribution in [0.5, 0.6) is 0 Å². The fourth-order valence-electron chi connectivity index (χ4n) is 1.91. The minimum Gasteiger partial charge on any atom is -0.358 e. The van der Waals surface area contributed by atoms with Crippen molar-refractivity contribution in [3.8, 4) is 11.8 Å². The van der Waals surface area contributed by atoms with Crippen molar-refractivity contribution < 1.29 is 13.7 Å². The normalized spacial score (nSPS) is 24.4. The zero-order valence-corrected chi connectivity index (χ0v) is 11.4. The predicted octanol–water partition coefficient (Wildman–Crippen LogP) is 3.24. The van der Waals surface area contributed by atoms with Gasteiger partial charge in [0, 0.05) is 9.47 Å². The van der Waals surface area contributed by atoms with E-state index in [4.69, 9.17) is 9.26 Å². The van der Waals surface area contributed by atoms with E-state index >= 15 is 0 Å². The van der Waals surface area contributed by atoms with Crippen molar-refractivity contribution in [2.45, 2.75) is 38.1 Å². The SMILES string of the molecule is CC(C#CC1CCC(c2ccc(F)cc2)O1)OP. The van der Waals surface area contributed by atoms with Crippen LogP contribution in [0.2, 0.25) is 0 Å². The highest BCUT2D eigenvalue weighted by atomic mass is 31.0. The van der Waals surface area contributed by atoms with E-state index in [0.29, 0.717) is 0 Å². The Kier molecular flexibility index (Phi) is 4.72. The molecule has 2 rings (SSSR count). The molecule has 0 aliphatic carbocycles. The number of benzene rings is 1. The third-order valence-corrected chi connectivity index (χ3v) is 3.32. The highest BCUT2D eigenvalue weighted by Crippen LogP contribution is 2.32. The van der Waals surface area contributed by atoms with Gasteiger partial charge < -0.3 is 9.26 Å². The van der Waals surface area contributed by atoms with Crippen LogP contribution in [0.3, 0.4) is 0 Å². The summed E-state index contributed by atoms with van der Waals surface area (Å²) >= 11 is 0. The molecule has 4 unspecified atom stereocenters. The third kappa shape index (κ3) is 3.53. The molecule has 0 radical (unpaired) electrons. The highest BCUT2D eigenvalue weighted by molar-refractivity contribution is 7.09. The van der Waals surface area contributed by atoms with Gasteiger partial charge >= 0.3 is 0 Å². The van der Waals surface area contributed by atoms with E-state index in [1.807, 2.05) is 6.92 Å². The summed E-state index contributed by atoms with van der Waals surface area (Å²) in [7, 11) is 2.20. The summed E-state index contributed by atoms with van der Waals surface area (Å²) in [6.45, 7) is 1.88. The van der Waals surface area contributed by atoms with Crippen molar-refractivity contribution >= 4 is 9.47 Å². The molecule has 0 amide bonds. The Morgan fingerprint density at radius 1 is 1.39 bits per heavy atom. The van der Waals surface area contributed by atoms with Gasteiger partial charge in [-0.05, 0) is 37.5 Å². The molecule has 0 spiro atoms. The van der Waals surface area contributed by atoms with Crippen LogP contribution >= 0.6 is 9.47 Å². The highest BCUT2D eigenvalue weighted by Gasteiger charge is 2.25. The van der Waals surface area contributed by atoms with E-state index in [1.54, 1.807) is 12.1 Å². The van der Waals surface area contributed by atoms with E-state index < -0.39 is 0 Å². The molecule has 0 aromatic heterocycles. The Morgan fingerprint density at radius 3 is 2.78 bits per heavy atom. The van der Waals surface area contributed by atoms with Crippen molar-refractivity contribution in [1.82, 2.24) is 0 Å². The summed E-state index contributed by atoms with van der Waals surface area (Å²) in [5.74, 6) is 5.81. The molecule has 1 fully saturated rings. The molecule has 18 heavy (non-hydrogen) atoms. The summed E-state index contributed by atoms with van der Waals surface area (Å²) in [6.07, 6.45) is 1.68. The summed E-state index contributed by atoms with van der Waals surface area (Å²) in [5, 5.41) is 0. The summed E-state index contributed by atoms with van der Waals surface area (Å²) in [5.41, 5.74) is 1.01. The van der Waals surface area contributed by atoms with Gasteiger partial charge in [-0.3, -0.25) is 0 Å². The van der Waals surface area contributed by atoms with Gasteiger partial charge in [0.25, 0.3) is 0 Å². The minimum absolute atomic E-state index is 0.0251. The molecule has 1 aliphatic rings. The van der Waals surface area contributed by atoms with Crippen molar-refractivity contribution in [3.63, 3.8) is 0 Å². The minimum atomic E-state index is -0.223. The maximum Gasteiger partial charge on any atom is 0.123 e. The molecule has 0 saturated carbocycles. The van der Waals surface area contributed by atoms with E-state index in [9.17, 15) is 4.39 Å². The number of halogens is 1. The molecule has 2 nitrogen and oxygen atoms in total. The summed E-state index contributed by atoms with van der Waals surface area (Å²) in [4.78, 5) is 0. The number of hydrogen-bond donors (Lipinski definition) is 0. The fourth-order valence-corrected chi connectivity index (χ4v) is 1.98. The Hall–Kier alpha value is -0.940. The summed E-state index contributed by atoms with van der Waals surface area (Å²) < 4.78 is 23.6. The third-order valence-electron chi connectivity index (χ3n) is 2.91. The van der Waals surface area contributed by atoms with E-state index in [-0.39, 0.29) is 24.1 Å². The second-order valence-corrected chi connectivity index (χ2v) is 4.58. The molecule has 96 valence electrons. The van der Waals surface area contributed by atoms with Crippen LogP contribution in [-0.4, -0.2) is 12.2 Å². The second kappa shape index (κ2) is 6.29. The second-order valence-electron chi connectivity index (χ2n) is 4.31. The van der Waals surface area contributed by atoms with Gasteiger partial charge in [-0.2, -0.15) is 0 Å². The number of ether oxygens (including phenoxy) is 1. The molecule has 1 saturated heterocycles. The maximum absolute atomic E-state index is 12.8. The van der Waals surface area contributed by atoms with Crippen molar-refractivity contribution in [2.24, 2.45) is 0 Å². The van der Waals surface area contributed by atoms with E-state index in [2.05, 4.69) is 21.3 Å². The Balaban J connectivity index is 1.95. The predicted molar refractivity (Wildman–Crippen MR) is 71.3 cm³/mol. The van der Waals surface area contributed by atoms with Crippen molar-refractivity contribution in [1.29, 1.82) is 0 Å². The van der Waals surface area contributed by atoms with Gasteiger partial charge in [-0.25, -0.2) is 4.39 Å². The lowest BCUT2D eigenvalue weighted by atomic mass is 10.1. The first kappa shape index (κ1) is 13.5. The monoisotopic (exact) mass is 266 g/mol. The molecule has 4 atom stereocenters. The smallest absolute Gasteiger partial charge is 0.123 e. The molecule has 1 aromatic rings. The van der Waals surface area contributed by atoms with Crippen molar-refractivity contribution in [2.75, 3.05) is 0 Å². The average Bonchev–Trinajstić information content (AvgIpc) is 2.85. The first-order chi connectivity index (χ1) is 8.69. The van der Waals surface area contributed by atoms with Crippen LogP contribution in [0, 0.1) is 17.7 Å². The standard InChI is InChI=1S/C14H16FO2P/c1-10(17-18)2-7-13-8-9-14(16-13)11-3-5-12(15)6-4-11/h3-6,10,13-14H,8-9,18H2,1H3. The quantitative estimate of drug-likeness (QED) is 0.604. The van der Waals surface area contributed by atoms with Crippen LogP contribution in [0.25, 0.3) is 0 Å². The van der Waals surface area contributed by atoms with Crippen molar-refractivity contribution in [3.05, 3.63) is 35.6 Å². The lowest BCUT2D eigenvalue weighted by Gasteiger charge is -2.10. The summed E-state index contributed by atoms with van der Waals surface area (Å²) in [6, 6.07) is 6.46. The van der Waals surface area contributed by atoms with Crippen LogP contribution in [-0.2, 0) is 9.26 Å². The van der Waals surface area contributed by atoms with Crippen LogP contribution in [0.1, 0.15) is 31.4 Å². The van der Waals surface area contributed by atoms with Crippen LogP contribution in [0.15, 0.2) is 24.3 Å². The Morgan fingerprint density at radius 2 is 2.11 bits per heavy atom. The Bertz CT molecular complexity index is 449. The molecule has 1 aliphatic heterocycles. The number of hydrogen-bond acceptors (Lipinski definition) is 2. The lowest BCUT2D eigenvalue weighted by molar-refractivity contribution is 0.0758. The molecular weight excluding hydrogens is 250 g/mol. The molecular formula is C14H16FO2P. The first-order valence-electron chi connectivity index (χ1n) is 5.96.